The first-order valence-electron chi connectivity index (χ1n) is 11.4. The van der Waals surface area contributed by atoms with Crippen molar-refractivity contribution in [2.75, 3.05) is 4.90 Å². The van der Waals surface area contributed by atoms with Crippen molar-refractivity contribution >= 4 is 23.7 Å². The van der Waals surface area contributed by atoms with E-state index in [4.69, 9.17) is 4.74 Å². The molecule has 0 radical (unpaired) electrons. The van der Waals surface area contributed by atoms with E-state index in [2.05, 4.69) is 5.32 Å². The number of aromatic carboxylic acids is 2. The van der Waals surface area contributed by atoms with Gasteiger partial charge in [0, 0.05) is 12.2 Å². The van der Waals surface area contributed by atoms with Crippen LogP contribution in [0.2, 0.25) is 0 Å². The van der Waals surface area contributed by atoms with E-state index in [1.165, 1.54) is 17.0 Å². The second-order valence-electron chi connectivity index (χ2n) is 8.17. The number of urea groups is 1. The van der Waals surface area contributed by atoms with E-state index in [-0.39, 0.29) is 29.9 Å². The van der Waals surface area contributed by atoms with E-state index in [0.29, 0.717) is 11.5 Å². The molecule has 8 nitrogen and oxygen atoms in total. The molecule has 0 atom stereocenters. The second kappa shape index (κ2) is 11.5. The maximum Gasteiger partial charge on any atom is 0.335 e. The Morgan fingerprint density at radius 3 is 1.78 bits per heavy atom. The van der Waals surface area contributed by atoms with Gasteiger partial charge in [0.1, 0.15) is 11.5 Å². The summed E-state index contributed by atoms with van der Waals surface area (Å²) < 4.78 is 5.79. The lowest BCUT2D eigenvalue weighted by Crippen LogP contribution is -2.39. The molecule has 4 aromatic rings. The van der Waals surface area contributed by atoms with Gasteiger partial charge in [0.05, 0.1) is 17.7 Å². The number of nitrogens with one attached hydrogen (secondary N) is 1. The SMILES string of the molecule is O=C(O)c1cc(C(=O)O)cc(N(Cc2ccccc2)C(=O)NCc2ccc(Oc3ccccc3)cc2)c1. The van der Waals surface area contributed by atoms with Crippen molar-refractivity contribution in [2.45, 2.75) is 13.1 Å². The van der Waals surface area contributed by atoms with Crippen molar-refractivity contribution in [1.82, 2.24) is 5.32 Å². The molecule has 0 heterocycles. The number of para-hydroxylation sites is 1. The molecule has 3 N–H and O–H groups in total. The summed E-state index contributed by atoms with van der Waals surface area (Å²) >= 11 is 0. The van der Waals surface area contributed by atoms with Gasteiger partial charge < -0.3 is 20.3 Å². The highest BCUT2D eigenvalue weighted by Crippen LogP contribution is 2.24. The maximum atomic E-state index is 13.3. The van der Waals surface area contributed by atoms with E-state index >= 15 is 0 Å². The zero-order chi connectivity index (χ0) is 26.2. The van der Waals surface area contributed by atoms with Crippen LogP contribution in [0.3, 0.4) is 0 Å². The average Bonchev–Trinajstić information content (AvgIpc) is 2.92. The Bertz CT molecular complexity index is 1360. The standard InChI is InChI=1S/C29H24N2O6/c32-27(33)22-15-23(28(34)35)17-24(16-22)31(19-21-7-3-1-4-8-21)29(36)30-18-20-11-13-26(14-12-20)37-25-9-5-2-6-10-25/h1-17H,18-19H2,(H,30,36)(H,32,33)(H,34,35). The lowest BCUT2D eigenvalue weighted by atomic mass is 10.1. The third-order valence-corrected chi connectivity index (χ3v) is 5.50. The third kappa shape index (κ3) is 6.73. The molecule has 0 aliphatic heterocycles. The number of carboxylic acids is 2. The summed E-state index contributed by atoms with van der Waals surface area (Å²) in [6, 6.07) is 28.9. The number of carbonyl (C=O) groups excluding carboxylic acids is 1. The van der Waals surface area contributed by atoms with Gasteiger partial charge in [-0.05, 0) is 53.6 Å². The molecule has 0 aliphatic rings. The van der Waals surface area contributed by atoms with Gasteiger partial charge in [0.15, 0.2) is 0 Å². The third-order valence-electron chi connectivity index (χ3n) is 5.50. The lowest BCUT2D eigenvalue weighted by molar-refractivity contribution is 0.0696. The van der Waals surface area contributed by atoms with Crippen LogP contribution >= 0.6 is 0 Å². The lowest BCUT2D eigenvalue weighted by Gasteiger charge is -2.24. The Morgan fingerprint density at radius 1 is 0.676 bits per heavy atom. The summed E-state index contributed by atoms with van der Waals surface area (Å²) in [7, 11) is 0. The van der Waals surface area contributed by atoms with Gasteiger partial charge in [-0.1, -0.05) is 60.7 Å². The van der Waals surface area contributed by atoms with Crippen LogP contribution in [0.4, 0.5) is 10.5 Å². The monoisotopic (exact) mass is 496 g/mol. The highest BCUT2D eigenvalue weighted by Gasteiger charge is 2.20. The van der Waals surface area contributed by atoms with Gasteiger partial charge in [-0.3, -0.25) is 4.90 Å². The fourth-order valence-electron chi connectivity index (χ4n) is 3.63. The molecule has 0 fully saturated rings. The summed E-state index contributed by atoms with van der Waals surface area (Å²) in [5, 5.41) is 21.8. The molecule has 0 saturated carbocycles. The van der Waals surface area contributed by atoms with Crippen molar-refractivity contribution < 1.29 is 29.3 Å². The summed E-state index contributed by atoms with van der Waals surface area (Å²) in [5.41, 5.74) is 1.31. The van der Waals surface area contributed by atoms with Crippen molar-refractivity contribution in [3.05, 3.63) is 125 Å². The quantitative estimate of drug-likeness (QED) is 0.270. The fourth-order valence-corrected chi connectivity index (χ4v) is 3.63. The smallest absolute Gasteiger partial charge is 0.335 e. The predicted octanol–water partition coefficient (Wildman–Crippen LogP) is 5.79. The van der Waals surface area contributed by atoms with Gasteiger partial charge in [0.2, 0.25) is 0 Å². The summed E-state index contributed by atoms with van der Waals surface area (Å²) in [5.74, 6) is -1.22. The van der Waals surface area contributed by atoms with Crippen molar-refractivity contribution in [1.29, 1.82) is 0 Å². The molecular formula is C29H24N2O6. The minimum absolute atomic E-state index is 0.110. The molecule has 0 saturated heterocycles. The Balaban J connectivity index is 1.53. The van der Waals surface area contributed by atoms with Crippen LogP contribution in [0.1, 0.15) is 31.8 Å². The van der Waals surface area contributed by atoms with Crippen molar-refractivity contribution in [2.24, 2.45) is 0 Å². The van der Waals surface area contributed by atoms with Crippen LogP contribution in [0.25, 0.3) is 0 Å². The van der Waals surface area contributed by atoms with Crippen LogP contribution < -0.4 is 15.0 Å². The molecule has 2 amide bonds. The van der Waals surface area contributed by atoms with Crippen molar-refractivity contribution in [3.8, 4) is 11.5 Å². The highest BCUT2D eigenvalue weighted by molar-refractivity contribution is 5.99. The van der Waals surface area contributed by atoms with Gasteiger partial charge in [-0.15, -0.1) is 0 Å². The largest absolute Gasteiger partial charge is 0.478 e. The number of hydrogen-bond acceptors (Lipinski definition) is 4. The van der Waals surface area contributed by atoms with Gasteiger partial charge in [0.25, 0.3) is 0 Å². The maximum absolute atomic E-state index is 13.3. The Labute approximate surface area is 213 Å². The first-order chi connectivity index (χ1) is 17.9. The van der Waals surface area contributed by atoms with Crippen LogP contribution in [-0.4, -0.2) is 28.2 Å². The second-order valence-corrected chi connectivity index (χ2v) is 8.17. The number of benzene rings is 4. The summed E-state index contributed by atoms with van der Waals surface area (Å²) in [6.07, 6.45) is 0. The fraction of sp³-hybridized carbons (Fsp3) is 0.0690. The Kier molecular flexibility index (Phi) is 7.80. The molecule has 0 bridgehead atoms. The van der Waals surface area contributed by atoms with Gasteiger partial charge in [-0.2, -0.15) is 0 Å². The molecule has 0 aliphatic carbocycles. The van der Waals surface area contributed by atoms with Gasteiger partial charge >= 0.3 is 18.0 Å². The first kappa shape index (κ1) is 25.0. The molecule has 4 aromatic carbocycles. The number of nitrogens with zero attached hydrogens (tertiary/aromatic N) is 1. The zero-order valence-corrected chi connectivity index (χ0v) is 19.7. The summed E-state index contributed by atoms with van der Waals surface area (Å²) in [4.78, 5) is 37.8. The highest BCUT2D eigenvalue weighted by atomic mass is 16.5. The predicted molar refractivity (Wildman–Crippen MR) is 138 cm³/mol. The zero-order valence-electron chi connectivity index (χ0n) is 19.7. The number of amides is 2. The molecule has 37 heavy (non-hydrogen) atoms. The average molecular weight is 497 g/mol. The van der Waals surface area contributed by atoms with Crippen molar-refractivity contribution in [3.63, 3.8) is 0 Å². The molecular weight excluding hydrogens is 472 g/mol. The number of rotatable bonds is 9. The molecule has 186 valence electrons. The van der Waals surface area contributed by atoms with Crippen LogP contribution in [0.15, 0.2) is 103 Å². The van der Waals surface area contributed by atoms with Crippen LogP contribution in [0, 0.1) is 0 Å². The minimum Gasteiger partial charge on any atom is -0.478 e. The molecule has 4 rings (SSSR count). The number of ether oxygens (including phenoxy) is 1. The number of carbonyl (C=O) groups is 3. The van der Waals surface area contributed by atoms with E-state index in [1.807, 2.05) is 72.8 Å². The topological polar surface area (TPSA) is 116 Å². The van der Waals surface area contributed by atoms with E-state index < -0.39 is 18.0 Å². The normalized spacial score (nSPS) is 10.4. The number of anilines is 1. The van der Waals surface area contributed by atoms with E-state index in [9.17, 15) is 24.6 Å². The van der Waals surface area contributed by atoms with Crippen LogP contribution in [-0.2, 0) is 13.1 Å². The Morgan fingerprint density at radius 2 is 1.22 bits per heavy atom. The molecule has 0 spiro atoms. The van der Waals surface area contributed by atoms with E-state index in [0.717, 1.165) is 17.2 Å². The van der Waals surface area contributed by atoms with E-state index in [1.54, 1.807) is 12.1 Å². The number of carboxylic acid groups (broad SMARTS) is 2. The molecule has 0 unspecified atom stereocenters. The number of hydrogen-bond donors (Lipinski definition) is 3. The molecule has 8 heteroatoms. The minimum atomic E-state index is -1.29. The Hall–Kier alpha value is -5.11. The van der Waals surface area contributed by atoms with Gasteiger partial charge in [-0.25, -0.2) is 14.4 Å². The first-order valence-corrected chi connectivity index (χ1v) is 11.4. The summed E-state index contributed by atoms with van der Waals surface area (Å²) in [6.45, 7) is 0.304. The van der Waals surface area contributed by atoms with Crippen LogP contribution in [0.5, 0.6) is 11.5 Å². The molecule has 0 aromatic heterocycles.